The second-order valence-corrected chi connectivity index (χ2v) is 6.86. The monoisotopic (exact) mass is 392 g/mol. The van der Waals surface area contributed by atoms with Gasteiger partial charge in [-0.2, -0.15) is 0 Å². The number of hydrogen-bond acceptors (Lipinski definition) is 3. The van der Waals surface area contributed by atoms with Gasteiger partial charge in [0.2, 0.25) is 0 Å². The summed E-state index contributed by atoms with van der Waals surface area (Å²) < 4.78 is 0. The van der Waals surface area contributed by atoms with Crippen molar-refractivity contribution >= 4 is 17.8 Å². The summed E-state index contributed by atoms with van der Waals surface area (Å²) >= 11 is 0. The van der Waals surface area contributed by atoms with E-state index < -0.39 is 4.92 Å². The van der Waals surface area contributed by atoms with Crippen molar-refractivity contribution in [2.24, 2.45) is 0 Å². The molecule has 0 saturated heterocycles. The minimum atomic E-state index is -0.418. The van der Waals surface area contributed by atoms with E-state index in [4.69, 9.17) is 0 Å². The van der Waals surface area contributed by atoms with Crippen LogP contribution in [0.25, 0.3) is 34.4 Å². The minimum absolute atomic E-state index is 0.0140. The Bertz CT molecular complexity index is 1140. The molecule has 0 saturated carbocycles. The predicted octanol–water partition coefficient (Wildman–Crippen LogP) is 6.17. The Morgan fingerprint density at radius 3 is 1.57 bits per heavy atom. The maximum Gasteiger partial charge on any atom is 0.269 e. The molecule has 0 heterocycles. The number of rotatable bonds is 5. The highest BCUT2D eigenvalue weighted by Gasteiger charge is 2.07. The average molecular weight is 392 g/mol. The molecule has 0 amide bonds. The smallest absolute Gasteiger partial charge is 0.269 e. The predicted molar refractivity (Wildman–Crippen MR) is 119 cm³/mol. The number of nitro groups is 1. The van der Waals surface area contributed by atoms with Crippen molar-refractivity contribution in [3.8, 4) is 28.0 Å². The van der Waals surface area contributed by atoms with E-state index in [1.54, 1.807) is 12.1 Å². The van der Waals surface area contributed by atoms with E-state index in [2.05, 4.69) is 0 Å². The van der Waals surface area contributed by atoms with E-state index in [1.807, 2.05) is 84.9 Å². The average Bonchev–Trinajstić information content (AvgIpc) is 2.80. The van der Waals surface area contributed by atoms with Gasteiger partial charge in [0.15, 0.2) is 0 Å². The third kappa shape index (κ3) is 4.13. The molecular weight excluding hydrogens is 374 g/mol. The van der Waals surface area contributed by atoms with Gasteiger partial charge in [0.1, 0.15) is 0 Å². The third-order valence-corrected chi connectivity index (χ3v) is 4.85. The van der Waals surface area contributed by atoms with E-state index >= 15 is 0 Å². The highest BCUT2D eigenvalue weighted by atomic mass is 16.6. The van der Waals surface area contributed by atoms with Crippen LogP contribution in [0.4, 0.5) is 5.69 Å². The first-order chi connectivity index (χ1) is 14.6. The summed E-state index contributed by atoms with van der Waals surface area (Å²) in [6.07, 6.45) is 3.80. The molecule has 0 spiro atoms. The van der Waals surface area contributed by atoms with Crippen LogP contribution in [0.2, 0.25) is 0 Å². The number of benzene rings is 4. The topological polar surface area (TPSA) is 66.2 Å². The maximum absolute atomic E-state index is 13.2. The number of hydrogen-bond donors (Lipinski definition) is 0. The molecule has 4 heteroatoms. The van der Waals surface area contributed by atoms with Crippen molar-refractivity contribution < 1.29 is 10.0 Å². The maximum atomic E-state index is 13.2. The molecule has 0 unspecified atom stereocenters. The van der Waals surface area contributed by atoms with Crippen LogP contribution < -0.4 is 5.11 Å². The van der Waals surface area contributed by atoms with Gasteiger partial charge in [0, 0.05) is 12.1 Å². The normalized spacial score (nSPS) is 10.9. The van der Waals surface area contributed by atoms with Crippen molar-refractivity contribution in [1.82, 2.24) is 0 Å². The van der Waals surface area contributed by atoms with Crippen LogP contribution in [0.5, 0.6) is 5.75 Å². The first kappa shape index (κ1) is 19.2. The fraction of sp³-hybridized carbons (Fsp3) is 0. The van der Waals surface area contributed by atoms with Gasteiger partial charge in [-0.05, 0) is 57.6 Å². The molecule has 4 aromatic carbocycles. The number of nitro benzene ring substituents is 1. The van der Waals surface area contributed by atoms with E-state index in [0.29, 0.717) is 11.1 Å². The van der Waals surface area contributed by atoms with Crippen molar-refractivity contribution in [3.05, 3.63) is 118 Å². The summed E-state index contributed by atoms with van der Waals surface area (Å²) in [5.41, 5.74) is 4.79. The molecular formula is C26H18NO3-. The molecule has 0 aliphatic carbocycles. The Labute approximate surface area is 174 Å². The lowest BCUT2D eigenvalue weighted by Crippen LogP contribution is -1.98. The van der Waals surface area contributed by atoms with Gasteiger partial charge in [0.05, 0.1) is 4.92 Å². The van der Waals surface area contributed by atoms with Crippen molar-refractivity contribution in [3.63, 3.8) is 0 Å². The minimum Gasteiger partial charge on any atom is -0.872 e. The summed E-state index contributed by atoms with van der Waals surface area (Å²) in [4.78, 5) is 10.4. The number of non-ortho nitro benzene ring substituents is 1. The van der Waals surface area contributed by atoms with Gasteiger partial charge >= 0.3 is 0 Å². The zero-order chi connectivity index (χ0) is 20.9. The molecule has 0 aliphatic rings. The van der Waals surface area contributed by atoms with E-state index in [0.717, 1.165) is 22.3 Å². The van der Waals surface area contributed by atoms with Crippen LogP contribution in [-0.2, 0) is 0 Å². The molecule has 4 nitrogen and oxygen atoms in total. The zero-order valence-electron chi connectivity index (χ0n) is 16.1. The fourth-order valence-electron chi connectivity index (χ4n) is 3.31. The van der Waals surface area contributed by atoms with Crippen LogP contribution in [0, 0.1) is 10.1 Å². The Balaban J connectivity index is 1.78. The molecule has 4 aromatic rings. The first-order valence-corrected chi connectivity index (χ1v) is 9.50. The summed E-state index contributed by atoms with van der Waals surface area (Å²) in [5, 5.41) is 24.0. The standard InChI is InChI=1S/C26H19NO3/c28-26-24(21-7-3-1-4-8-21)17-20(18-25(26)22-9-5-2-6-10-22)12-11-19-13-15-23(16-14-19)27(29)30/h1-18,28H/p-1/b12-11+. The quantitative estimate of drug-likeness (QED) is 0.232. The summed E-state index contributed by atoms with van der Waals surface area (Å²) in [6, 6.07) is 29.3. The van der Waals surface area contributed by atoms with Crippen molar-refractivity contribution in [2.45, 2.75) is 0 Å². The van der Waals surface area contributed by atoms with E-state index in [-0.39, 0.29) is 11.4 Å². The van der Waals surface area contributed by atoms with Gasteiger partial charge in [-0.25, -0.2) is 0 Å². The molecule has 0 N–H and O–H groups in total. The van der Waals surface area contributed by atoms with E-state index in [1.165, 1.54) is 12.1 Å². The lowest BCUT2D eigenvalue weighted by Gasteiger charge is -2.21. The van der Waals surface area contributed by atoms with Crippen molar-refractivity contribution in [2.75, 3.05) is 0 Å². The Morgan fingerprint density at radius 2 is 1.10 bits per heavy atom. The molecule has 0 fully saturated rings. The highest BCUT2D eigenvalue weighted by Crippen LogP contribution is 2.37. The molecule has 0 bridgehead atoms. The summed E-state index contributed by atoms with van der Waals surface area (Å²) in [6.45, 7) is 0. The molecule has 0 radical (unpaired) electrons. The number of nitrogens with zero attached hydrogens (tertiary/aromatic N) is 1. The Hall–Kier alpha value is -4.18. The molecule has 30 heavy (non-hydrogen) atoms. The SMILES string of the molecule is O=[N+]([O-])c1ccc(/C=C/c2cc(-c3ccccc3)c([O-])c(-c3ccccc3)c2)cc1. The third-order valence-electron chi connectivity index (χ3n) is 4.85. The van der Waals surface area contributed by atoms with Crippen LogP contribution in [0.15, 0.2) is 97.1 Å². The largest absolute Gasteiger partial charge is 0.872 e. The van der Waals surface area contributed by atoms with Gasteiger partial charge in [-0.15, -0.1) is 0 Å². The van der Waals surface area contributed by atoms with Gasteiger partial charge in [0.25, 0.3) is 5.69 Å². The molecule has 0 aromatic heterocycles. The molecule has 0 atom stereocenters. The second-order valence-electron chi connectivity index (χ2n) is 6.86. The van der Waals surface area contributed by atoms with Gasteiger partial charge in [-0.3, -0.25) is 10.1 Å². The van der Waals surface area contributed by atoms with Crippen LogP contribution in [-0.4, -0.2) is 4.92 Å². The Kier molecular flexibility index (Phi) is 5.39. The van der Waals surface area contributed by atoms with Crippen LogP contribution in [0.3, 0.4) is 0 Å². The summed E-state index contributed by atoms with van der Waals surface area (Å²) in [7, 11) is 0. The zero-order valence-corrected chi connectivity index (χ0v) is 16.1. The van der Waals surface area contributed by atoms with Crippen LogP contribution >= 0.6 is 0 Å². The lowest BCUT2D eigenvalue weighted by molar-refractivity contribution is -0.384. The molecule has 0 aliphatic heterocycles. The fourth-order valence-corrected chi connectivity index (χ4v) is 3.31. The van der Waals surface area contributed by atoms with Crippen molar-refractivity contribution in [1.29, 1.82) is 0 Å². The molecule has 4 rings (SSSR count). The molecule has 146 valence electrons. The lowest BCUT2D eigenvalue weighted by atomic mass is 9.94. The van der Waals surface area contributed by atoms with Gasteiger partial charge in [-0.1, -0.05) is 78.6 Å². The van der Waals surface area contributed by atoms with E-state index in [9.17, 15) is 15.2 Å². The second kappa shape index (κ2) is 8.45. The van der Waals surface area contributed by atoms with Crippen LogP contribution in [0.1, 0.15) is 11.1 Å². The Morgan fingerprint density at radius 1 is 0.633 bits per heavy atom. The highest BCUT2D eigenvalue weighted by molar-refractivity contribution is 5.85. The first-order valence-electron chi connectivity index (χ1n) is 9.50. The van der Waals surface area contributed by atoms with Gasteiger partial charge < -0.3 is 5.11 Å². The summed E-state index contributed by atoms with van der Waals surface area (Å²) in [5.74, 6) is -0.0140.